The molecule has 160 valence electrons. The van der Waals surface area contributed by atoms with Gasteiger partial charge in [-0.2, -0.15) is 0 Å². The van der Waals surface area contributed by atoms with E-state index >= 15 is 0 Å². The van der Waals surface area contributed by atoms with Crippen molar-refractivity contribution in [1.29, 1.82) is 0 Å². The number of hydrogen-bond acceptors (Lipinski definition) is 5. The largest absolute Gasteiger partial charge is 0.496 e. The number of hydrogen-bond donors (Lipinski definition) is 1. The number of halogens is 2. The molecule has 0 radical (unpaired) electrons. The van der Waals surface area contributed by atoms with Gasteiger partial charge in [0.15, 0.2) is 0 Å². The SMILES string of the molecule is COc1ccc(S(=O)(=O)Nc2cc(Cl)c(Cl)cc2C#Cc2cccnc2)c2ncccc12. The van der Waals surface area contributed by atoms with E-state index in [9.17, 15) is 8.42 Å². The Morgan fingerprint density at radius 1 is 1.00 bits per heavy atom. The van der Waals surface area contributed by atoms with Crippen LogP contribution in [-0.2, 0) is 10.0 Å². The van der Waals surface area contributed by atoms with E-state index in [-0.39, 0.29) is 26.1 Å². The van der Waals surface area contributed by atoms with Crippen molar-refractivity contribution >= 4 is 49.8 Å². The van der Waals surface area contributed by atoms with Gasteiger partial charge in [0.1, 0.15) is 10.6 Å². The van der Waals surface area contributed by atoms with Crippen LogP contribution < -0.4 is 9.46 Å². The fourth-order valence-corrected chi connectivity index (χ4v) is 4.59. The normalized spacial score (nSPS) is 11.0. The van der Waals surface area contributed by atoms with Gasteiger partial charge in [0, 0.05) is 29.5 Å². The van der Waals surface area contributed by atoms with Crippen LogP contribution in [0.1, 0.15) is 11.1 Å². The molecule has 4 rings (SSSR count). The van der Waals surface area contributed by atoms with Gasteiger partial charge in [-0.05, 0) is 48.5 Å². The average Bonchev–Trinajstić information content (AvgIpc) is 2.80. The summed E-state index contributed by atoms with van der Waals surface area (Å²) in [6.45, 7) is 0. The number of ether oxygens (including phenoxy) is 1. The van der Waals surface area contributed by atoms with E-state index in [0.717, 1.165) is 0 Å². The lowest BCUT2D eigenvalue weighted by Gasteiger charge is -2.14. The molecule has 0 spiro atoms. The van der Waals surface area contributed by atoms with Crippen LogP contribution in [0, 0.1) is 11.8 Å². The molecule has 0 fully saturated rings. The first-order chi connectivity index (χ1) is 15.4. The van der Waals surface area contributed by atoms with Crippen molar-refractivity contribution < 1.29 is 13.2 Å². The Labute approximate surface area is 195 Å². The van der Waals surface area contributed by atoms with E-state index in [1.54, 1.807) is 42.7 Å². The van der Waals surface area contributed by atoms with E-state index in [2.05, 4.69) is 26.5 Å². The fraction of sp³-hybridized carbons (Fsp3) is 0.0435. The molecule has 0 bridgehead atoms. The van der Waals surface area contributed by atoms with Crippen molar-refractivity contribution in [3.05, 3.63) is 88.3 Å². The zero-order chi connectivity index (χ0) is 22.7. The highest BCUT2D eigenvalue weighted by atomic mass is 35.5. The van der Waals surface area contributed by atoms with Crippen LogP contribution in [0.3, 0.4) is 0 Å². The van der Waals surface area contributed by atoms with E-state index < -0.39 is 10.0 Å². The van der Waals surface area contributed by atoms with E-state index in [0.29, 0.717) is 22.3 Å². The molecular formula is C23H15Cl2N3O3S. The number of rotatable bonds is 4. The van der Waals surface area contributed by atoms with Gasteiger partial charge in [-0.1, -0.05) is 35.0 Å². The molecule has 1 N–H and O–H groups in total. The molecule has 6 nitrogen and oxygen atoms in total. The van der Waals surface area contributed by atoms with Crippen molar-refractivity contribution in [2.24, 2.45) is 0 Å². The number of nitrogens with zero attached hydrogens (tertiary/aromatic N) is 2. The smallest absolute Gasteiger partial charge is 0.264 e. The van der Waals surface area contributed by atoms with Gasteiger partial charge in [0.25, 0.3) is 10.0 Å². The zero-order valence-corrected chi connectivity index (χ0v) is 19.0. The predicted molar refractivity (Wildman–Crippen MR) is 126 cm³/mol. The minimum atomic E-state index is -4.05. The minimum Gasteiger partial charge on any atom is -0.496 e. The molecule has 0 atom stereocenters. The van der Waals surface area contributed by atoms with Gasteiger partial charge < -0.3 is 4.74 Å². The molecule has 32 heavy (non-hydrogen) atoms. The molecule has 0 aliphatic rings. The predicted octanol–water partition coefficient (Wildman–Crippen LogP) is 5.15. The molecule has 2 aromatic carbocycles. The molecule has 2 heterocycles. The van der Waals surface area contributed by atoms with Gasteiger partial charge in [-0.15, -0.1) is 0 Å². The Hall–Kier alpha value is -3.31. The lowest BCUT2D eigenvalue weighted by Crippen LogP contribution is -2.15. The topological polar surface area (TPSA) is 81.2 Å². The van der Waals surface area contributed by atoms with Gasteiger partial charge in [0.05, 0.1) is 33.9 Å². The summed E-state index contributed by atoms with van der Waals surface area (Å²) in [5.41, 5.74) is 1.49. The summed E-state index contributed by atoms with van der Waals surface area (Å²) < 4.78 is 34.5. The Balaban J connectivity index is 1.80. The summed E-state index contributed by atoms with van der Waals surface area (Å²) in [6.07, 6.45) is 4.76. The maximum absolute atomic E-state index is 13.3. The Morgan fingerprint density at radius 3 is 2.53 bits per heavy atom. The van der Waals surface area contributed by atoms with Crippen molar-refractivity contribution in [2.75, 3.05) is 11.8 Å². The van der Waals surface area contributed by atoms with Crippen molar-refractivity contribution in [3.63, 3.8) is 0 Å². The van der Waals surface area contributed by atoms with Crippen molar-refractivity contribution in [2.45, 2.75) is 4.90 Å². The summed E-state index contributed by atoms with van der Waals surface area (Å²) >= 11 is 12.3. The van der Waals surface area contributed by atoms with Crippen LogP contribution in [-0.4, -0.2) is 25.5 Å². The third-order valence-electron chi connectivity index (χ3n) is 4.51. The molecule has 0 amide bonds. The maximum Gasteiger partial charge on any atom is 0.264 e. The number of sulfonamides is 1. The van der Waals surface area contributed by atoms with Gasteiger partial charge in [0.2, 0.25) is 0 Å². The standard InChI is InChI=1S/C23H15Cl2N3O3S/c1-31-21-8-9-22(23-17(21)5-3-11-27-23)32(29,30)28-20-13-19(25)18(24)12-16(20)7-6-15-4-2-10-26-14-15/h2-5,8-14,28H,1H3. The second kappa shape index (κ2) is 9.05. The summed E-state index contributed by atoms with van der Waals surface area (Å²) in [4.78, 5) is 8.25. The quantitative estimate of drug-likeness (QED) is 0.406. The molecule has 0 unspecified atom stereocenters. The second-order valence-corrected chi connectivity index (χ2v) is 9.04. The number of nitrogens with one attached hydrogen (secondary N) is 1. The van der Waals surface area contributed by atoms with Gasteiger partial charge in [-0.3, -0.25) is 14.7 Å². The molecule has 9 heteroatoms. The average molecular weight is 484 g/mol. The highest BCUT2D eigenvalue weighted by Gasteiger charge is 2.22. The van der Waals surface area contributed by atoms with Crippen LogP contribution in [0.2, 0.25) is 10.0 Å². The first kappa shape index (κ1) is 21.9. The Kier molecular flexibility index (Phi) is 6.19. The molecule has 0 aliphatic carbocycles. The highest BCUT2D eigenvalue weighted by Crippen LogP contribution is 2.33. The molecule has 0 saturated carbocycles. The van der Waals surface area contributed by atoms with Crippen LogP contribution in [0.5, 0.6) is 5.75 Å². The monoisotopic (exact) mass is 483 g/mol. The zero-order valence-electron chi connectivity index (χ0n) is 16.6. The van der Waals surface area contributed by atoms with Crippen LogP contribution in [0.25, 0.3) is 10.9 Å². The number of pyridine rings is 2. The van der Waals surface area contributed by atoms with Gasteiger partial charge in [-0.25, -0.2) is 8.42 Å². The van der Waals surface area contributed by atoms with Crippen LogP contribution in [0.15, 0.2) is 72.0 Å². The number of fused-ring (bicyclic) bond motifs is 1. The van der Waals surface area contributed by atoms with E-state index in [1.165, 1.54) is 31.5 Å². The molecule has 0 saturated heterocycles. The minimum absolute atomic E-state index is 0.00820. The molecule has 0 aliphatic heterocycles. The maximum atomic E-state index is 13.3. The number of anilines is 1. The Morgan fingerprint density at radius 2 is 1.78 bits per heavy atom. The number of aromatic nitrogens is 2. The van der Waals surface area contributed by atoms with Crippen LogP contribution >= 0.6 is 23.2 Å². The number of methoxy groups -OCH3 is 1. The lowest BCUT2D eigenvalue weighted by molar-refractivity contribution is 0.419. The Bertz CT molecular complexity index is 1480. The van der Waals surface area contributed by atoms with Crippen molar-refractivity contribution in [1.82, 2.24) is 9.97 Å². The molecular weight excluding hydrogens is 469 g/mol. The van der Waals surface area contributed by atoms with E-state index in [4.69, 9.17) is 27.9 Å². The first-order valence-electron chi connectivity index (χ1n) is 9.24. The van der Waals surface area contributed by atoms with Gasteiger partial charge >= 0.3 is 0 Å². The second-order valence-electron chi connectivity index (χ2n) is 6.57. The third-order valence-corrected chi connectivity index (χ3v) is 6.63. The van der Waals surface area contributed by atoms with E-state index in [1.807, 2.05) is 0 Å². The third kappa shape index (κ3) is 4.48. The summed E-state index contributed by atoms with van der Waals surface area (Å²) in [6, 6.07) is 12.9. The summed E-state index contributed by atoms with van der Waals surface area (Å²) in [5.74, 6) is 6.39. The first-order valence-corrected chi connectivity index (χ1v) is 11.5. The summed E-state index contributed by atoms with van der Waals surface area (Å²) in [5, 5.41) is 1.01. The molecule has 4 aromatic rings. The lowest BCUT2D eigenvalue weighted by atomic mass is 10.1. The molecule has 2 aromatic heterocycles. The number of benzene rings is 2. The van der Waals surface area contributed by atoms with Crippen molar-refractivity contribution in [3.8, 4) is 17.6 Å². The highest BCUT2D eigenvalue weighted by molar-refractivity contribution is 7.93. The fourth-order valence-electron chi connectivity index (χ4n) is 3.03. The summed E-state index contributed by atoms with van der Waals surface area (Å²) in [7, 11) is -2.54. The van der Waals surface area contributed by atoms with Crippen LogP contribution in [0.4, 0.5) is 5.69 Å².